The fourth-order valence-corrected chi connectivity index (χ4v) is 0.683. The van der Waals surface area contributed by atoms with Crippen molar-refractivity contribution < 1.29 is 14.2 Å². The van der Waals surface area contributed by atoms with E-state index in [1.165, 1.54) is 7.11 Å². The van der Waals surface area contributed by atoms with Gasteiger partial charge in [-0.05, 0) is 6.92 Å². The third kappa shape index (κ3) is 5.92. The molecule has 0 saturated heterocycles. The predicted molar refractivity (Wildman–Crippen MR) is 48.5 cm³/mol. The molecule has 4 N–H and O–H groups in total. The van der Waals surface area contributed by atoms with Gasteiger partial charge in [0.25, 0.3) is 0 Å². The summed E-state index contributed by atoms with van der Waals surface area (Å²) in [5, 5.41) is 5.79. The van der Waals surface area contributed by atoms with E-state index in [1.807, 2.05) is 6.92 Å². The van der Waals surface area contributed by atoms with E-state index in [9.17, 15) is 0 Å². The molecule has 0 radical (unpaired) electrons. The second kappa shape index (κ2) is 7.19. The Morgan fingerprint density at radius 3 is 2.00 bits per heavy atom. The van der Waals surface area contributed by atoms with Crippen molar-refractivity contribution in [2.75, 3.05) is 21.3 Å². The summed E-state index contributed by atoms with van der Waals surface area (Å²) in [4.78, 5) is 0. The Bertz CT molecular complexity index is 114. The van der Waals surface area contributed by atoms with E-state index in [-0.39, 0.29) is 6.23 Å². The van der Waals surface area contributed by atoms with Crippen LogP contribution >= 0.6 is 0 Å². The van der Waals surface area contributed by atoms with Gasteiger partial charge in [0.05, 0.1) is 0 Å². The first-order valence-electron chi connectivity index (χ1n) is 4.00. The van der Waals surface area contributed by atoms with Gasteiger partial charge in [-0.2, -0.15) is 0 Å². The normalized spacial score (nSPS) is 18.2. The lowest BCUT2D eigenvalue weighted by Crippen LogP contribution is -2.55. The van der Waals surface area contributed by atoms with Crippen LogP contribution in [0, 0.1) is 0 Å². The molecule has 0 aromatic carbocycles. The van der Waals surface area contributed by atoms with E-state index < -0.39 is 12.7 Å². The van der Waals surface area contributed by atoms with Crippen LogP contribution < -0.4 is 16.4 Å². The first-order valence-corrected chi connectivity index (χ1v) is 4.00. The first kappa shape index (κ1) is 12.8. The molecule has 0 heterocycles. The van der Waals surface area contributed by atoms with Gasteiger partial charge in [0.15, 0.2) is 12.7 Å². The molecule has 3 atom stereocenters. The minimum absolute atomic E-state index is 0.124. The lowest BCUT2D eigenvalue weighted by molar-refractivity contribution is -0.0548. The number of rotatable bonds is 7. The molecule has 0 aromatic heterocycles. The third-order valence-corrected chi connectivity index (χ3v) is 1.54. The van der Waals surface area contributed by atoms with Gasteiger partial charge in [0.2, 0.25) is 0 Å². The maximum absolute atomic E-state index is 5.47. The Morgan fingerprint density at radius 1 is 1.00 bits per heavy atom. The van der Waals surface area contributed by atoms with E-state index in [2.05, 4.69) is 10.6 Å². The second-order valence-electron chi connectivity index (χ2n) is 2.48. The summed E-state index contributed by atoms with van der Waals surface area (Å²) in [6.45, 7) is 1.85. The number of hydrogen-bond donors (Lipinski definition) is 3. The predicted octanol–water partition coefficient (Wildman–Crippen LogP) is -1.02. The molecule has 0 aliphatic heterocycles. The van der Waals surface area contributed by atoms with E-state index in [0.717, 1.165) is 0 Å². The van der Waals surface area contributed by atoms with E-state index in [1.54, 1.807) is 14.2 Å². The van der Waals surface area contributed by atoms with Crippen LogP contribution in [0.1, 0.15) is 6.92 Å². The molecule has 0 aliphatic rings. The lowest BCUT2D eigenvalue weighted by Gasteiger charge is -2.24. The summed E-state index contributed by atoms with van der Waals surface area (Å²) in [6, 6.07) is 0. The van der Waals surface area contributed by atoms with Gasteiger partial charge in [0, 0.05) is 21.3 Å². The fourth-order valence-electron chi connectivity index (χ4n) is 0.683. The topological polar surface area (TPSA) is 77.8 Å². The smallest absolute Gasteiger partial charge is 0.168 e. The monoisotopic (exact) mass is 193 g/mol. The van der Waals surface area contributed by atoms with Crippen LogP contribution in [0.15, 0.2) is 0 Å². The number of hydrogen-bond acceptors (Lipinski definition) is 6. The highest BCUT2D eigenvalue weighted by Gasteiger charge is 2.12. The average molecular weight is 193 g/mol. The molecule has 0 aromatic rings. The zero-order valence-electron chi connectivity index (χ0n) is 8.53. The molecule has 3 unspecified atom stereocenters. The molecular weight excluding hydrogens is 174 g/mol. The molecule has 0 bridgehead atoms. The second-order valence-corrected chi connectivity index (χ2v) is 2.48. The van der Waals surface area contributed by atoms with E-state index in [0.29, 0.717) is 0 Å². The summed E-state index contributed by atoms with van der Waals surface area (Å²) in [6.07, 6.45) is -1.09. The summed E-state index contributed by atoms with van der Waals surface area (Å²) in [7, 11) is 4.65. The van der Waals surface area contributed by atoms with E-state index in [4.69, 9.17) is 19.9 Å². The van der Waals surface area contributed by atoms with Gasteiger partial charge < -0.3 is 14.2 Å². The van der Waals surface area contributed by atoms with Gasteiger partial charge in [0.1, 0.15) is 6.23 Å². The van der Waals surface area contributed by atoms with Crippen molar-refractivity contribution in [1.82, 2.24) is 10.6 Å². The minimum Gasteiger partial charge on any atom is -0.367 e. The SMILES string of the molecule is COC(C)NC(NC(N)OC)OC. The van der Waals surface area contributed by atoms with Gasteiger partial charge in [-0.1, -0.05) is 0 Å². The maximum atomic E-state index is 5.47. The summed E-state index contributed by atoms with van der Waals surface area (Å²) in [5.41, 5.74) is 5.47. The Hall–Kier alpha value is -0.240. The van der Waals surface area contributed by atoms with E-state index >= 15 is 0 Å². The number of methoxy groups -OCH3 is 3. The van der Waals surface area contributed by atoms with Crippen LogP contribution in [-0.4, -0.2) is 40.3 Å². The van der Waals surface area contributed by atoms with Crippen molar-refractivity contribution in [2.45, 2.75) is 25.9 Å². The molecule has 0 spiro atoms. The summed E-state index contributed by atoms with van der Waals surface area (Å²) >= 11 is 0. The fraction of sp³-hybridized carbons (Fsp3) is 1.00. The van der Waals surface area contributed by atoms with Crippen molar-refractivity contribution >= 4 is 0 Å². The van der Waals surface area contributed by atoms with Gasteiger partial charge in [-0.25, -0.2) is 5.32 Å². The van der Waals surface area contributed by atoms with Crippen LogP contribution in [0.3, 0.4) is 0 Å². The minimum atomic E-state index is -0.568. The first-order chi connectivity index (χ1) is 6.13. The summed E-state index contributed by atoms with van der Waals surface area (Å²) in [5.74, 6) is 0. The molecule has 6 nitrogen and oxygen atoms in total. The highest BCUT2D eigenvalue weighted by Crippen LogP contribution is 1.87. The Balaban J connectivity index is 3.74. The summed E-state index contributed by atoms with van der Waals surface area (Å²) < 4.78 is 14.8. The van der Waals surface area contributed by atoms with Crippen molar-refractivity contribution in [3.8, 4) is 0 Å². The Labute approximate surface area is 78.7 Å². The molecule has 13 heavy (non-hydrogen) atoms. The molecule has 0 aliphatic carbocycles. The van der Waals surface area contributed by atoms with Crippen LogP contribution in [0.4, 0.5) is 0 Å². The molecular formula is C7H19N3O3. The van der Waals surface area contributed by atoms with Crippen molar-refractivity contribution in [2.24, 2.45) is 5.73 Å². The molecule has 0 fully saturated rings. The zero-order valence-corrected chi connectivity index (χ0v) is 8.53. The van der Waals surface area contributed by atoms with Crippen LogP contribution in [0.25, 0.3) is 0 Å². The van der Waals surface area contributed by atoms with Gasteiger partial charge in [-0.3, -0.25) is 11.1 Å². The average Bonchev–Trinajstić information content (AvgIpc) is 2.16. The maximum Gasteiger partial charge on any atom is 0.168 e. The van der Waals surface area contributed by atoms with Gasteiger partial charge >= 0.3 is 0 Å². The number of ether oxygens (including phenoxy) is 3. The molecule has 0 rings (SSSR count). The third-order valence-electron chi connectivity index (χ3n) is 1.54. The zero-order chi connectivity index (χ0) is 10.3. The molecule has 6 heteroatoms. The highest BCUT2D eigenvalue weighted by molar-refractivity contribution is 4.55. The van der Waals surface area contributed by atoms with Crippen LogP contribution in [0.5, 0.6) is 0 Å². The lowest BCUT2D eigenvalue weighted by atomic mass is 10.6. The number of nitrogens with one attached hydrogen (secondary N) is 2. The van der Waals surface area contributed by atoms with Crippen LogP contribution in [-0.2, 0) is 14.2 Å². The van der Waals surface area contributed by atoms with Gasteiger partial charge in [-0.15, -0.1) is 0 Å². The van der Waals surface area contributed by atoms with Crippen molar-refractivity contribution in [3.63, 3.8) is 0 Å². The molecule has 80 valence electrons. The van der Waals surface area contributed by atoms with Crippen LogP contribution in [0.2, 0.25) is 0 Å². The molecule has 0 amide bonds. The standard InChI is InChI=1S/C7H19N3O3/c1-5(11-2)9-7(13-4)10-6(8)12-3/h5-7,9-10H,8H2,1-4H3. The number of nitrogens with two attached hydrogens (primary N) is 1. The Kier molecular flexibility index (Phi) is 7.06. The Morgan fingerprint density at radius 2 is 1.62 bits per heavy atom. The quantitative estimate of drug-likeness (QED) is 0.449. The largest absolute Gasteiger partial charge is 0.367 e. The highest BCUT2D eigenvalue weighted by atomic mass is 16.5. The molecule has 0 saturated carbocycles. The van der Waals surface area contributed by atoms with Crippen molar-refractivity contribution in [1.29, 1.82) is 0 Å². The van der Waals surface area contributed by atoms with Crippen molar-refractivity contribution in [3.05, 3.63) is 0 Å².